The molecule has 2 atom stereocenters. The van der Waals surface area contributed by atoms with Crippen molar-refractivity contribution >= 4 is 16.0 Å². The van der Waals surface area contributed by atoms with E-state index in [-0.39, 0.29) is 10.8 Å². The van der Waals surface area contributed by atoms with Gasteiger partial charge in [-0.05, 0) is 43.4 Å². The lowest BCUT2D eigenvalue weighted by Crippen LogP contribution is -2.48. The molecule has 1 fully saturated rings. The molecule has 1 N–H and O–H groups in total. The van der Waals surface area contributed by atoms with Crippen LogP contribution in [0.3, 0.4) is 0 Å². The number of nitrogens with zero attached hydrogens (tertiary/aromatic N) is 1. The van der Waals surface area contributed by atoms with Gasteiger partial charge in [0.05, 0.1) is 10.8 Å². The van der Waals surface area contributed by atoms with Crippen LogP contribution < -0.4 is 0 Å². The van der Waals surface area contributed by atoms with E-state index in [1.165, 1.54) is 4.31 Å². The van der Waals surface area contributed by atoms with Crippen molar-refractivity contribution in [3.05, 3.63) is 29.8 Å². The predicted octanol–water partition coefficient (Wildman–Crippen LogP) is 2.68. The minimum Gasteiger partial charge on any atom is -0.481 e. The number of rotatable bonds is 4. The van der Waals surface area contributed by atoms with Crippen molar-refractivity contribution in [2.45, 2.75) is 50.5 Å². The average Bonchev–Trinajstić information content (AvgIpc) is 2.47. The van der Waals surface area contributed by atoms with Crippen LogP contribution in [0, 0.1) is 5.92 Å². The number of sulfonamides is 1. The molecule has 0 aromatic heterocycles. The standard InChI is InChI=1S/C16H23NO4S/c1-11(2)13-6-4-7-14(10-13)22(20,21)17-9-5-8-15(12(17)3)16(18)19/h4,6-7,10-12,15H,5,8-9H2,1-3H3,(H,18,19)/t12-,15-/m0/s1. The van der Waals surface area contributed by atoms with Gasteiger partial charge in [-0.25, -0.2) is 8.42 Å². The van der Waals surface area contributed by atoms with Crippen LogP contribution in [0.2, 0.25) is 0 Å². The minimum atomic E-state index is -3.66. The molecule has 22 heavy (non-hydrogen) atoms. The molecule has 0 spiro atoms. The molecule has 5 nitrogen and oxygen atoms in total. The molecular weight excluding hydrogens is 302 g/mol. The summed E-state index contributed by atoms with van der Waals surface area (Å²) in [6, 6.07) is 6.39. The Hall–Kier alpha value is -1.40. The van der Waals surface area contributed by atoms with Crippen molar-refractivity contribution in [3.8, 4) is 0 Å². The monoisotopic (exact) mass is 325 g/mol. The number of carbonyl (C=O) groups is 1. The van der Waals surface area contributed by atoms with E-state index in [9.17, 15) is 18.3 Å². The summed E-state index contributed by atoms with van der Waals surface area (Å²) in [5.41, 5.74) is 0.959. The van der Waals surface area contributed by atoms with Crippen LogP contribution in [0.4, 0.5) is 0 Å². The Morgan fingerprint density at radius 1 is 1.36 bits per heavy atom. The van der Waals surface area contributed by atoms with Crippen LogP contribution in [-0.2, 0) is 14.8 Å². The largest absolute Gasteiger partial charge is 0.481 e. The number of piperidine rings is 1. The smallest absolute Gasteiger partial charge is 0.308 e. The van der Waals surface area contributed by atoms with Crippen LogP contribution in [-0.4, -0.2) is 36.4 Å². The zero-order valence-electron chi connectivity index (χ0n) is 13.2. The Morgan fingerprint density at radius 3 is 2.64 bits per heavy atom. The maximum absolute atomic E-state index is 12.9. The van der Waals surface area contributed by atoms with Gasteiger partial charge in [0, 0.05) is 12.6 Å². The van der Waals surface area contributed by atoms with Gasteiger partial charge in [0.25, 0.3) is 0 Å². The molecule has 0 bridgehead atoms. The van der Waals surface area contributed by atoms with E-state index < -0.39 is 28.0 Å². The van der Waals surface area contributed by atoms with Crippen molar-refractivity contribution in [2.75, 3.05) is 6.54 Å². The number of benzene rings is 1. The molecule has 0 amide bonds. The lowest BCUT2D eigenvalue weighted by atomic mass is 9.92. The first kappa shape index (κ1) is 17.0. The van der Waals surface area contributed by atoms with E-state index in [1.807, 2.05) is 19.9 Å². The van der Waals surface area contributed by atoms with Crippen molar-refractivity contribution in [2.24, 2.45) is 5.92 Å². The summed E-state index contributed by atoms with van der Waals surface area (Å²) in [5.74, 6) is -1.33. The Labute approximate surface area is 132 Å². The summed E-state index contributed by atoms with van der Waals surface area (Å²) in [4.78, 5) is 11.5. The van der Waals surface area contributed by atoms with Gasteiger partial charge >= 0.3 is 5.97 Å². The maximum atomic E-state index is 12.9. The van der Waals surface area contributed by atoms with Gasteiger partial charge in [0.15, 0.2) is 0 Å². The number of aliphatic carboxylic acids is 1. The van der Waals surface area contributed by atoms with Crippen LogP contribution in [0.15, 0.2) is 29.2 Å². The molecule has 1 aliphatic rings. The number of carboxylic acid groups (broad SMARTS) is 1. The first-order valence-electron chi connectivity index (χ1n) is 7.59. The molecule has 1 aliphatic heterocycles. The van der Waals surface area contributed by atoms with Crippen LogP contribution in [0.5, 0.6) is 0 Å². The summed E-state index contributed by atoms with van der Waals surface area (Å²) in [5, 5.41) is 9.26. The Morgan fingerprint density at radius 2 is 2.05 bits per heavy atom. The predicted molar refractivity (Wildman–Crippen MR) is 84.2 cm³/mol. The molecule has 0 radical (unpaired) electrons. The zero-order chi connectivity index (χ0) is 16.5. The Balaban J connectivity index is 2.37. The minimum absolute atomic E-state index is 0.237. The molecule has 1 heterocycles. The molecule has 0 saturated carbocycles. The van der Waals surface area contributed by atoms with E-state index in [4.69, 9.17) is 0 Å². The molecule has 6 heteroatoms. The first-order valence-corrected chi connectivity index (χ1v) is 9.03. The van der Waals surface area contributed by atoms with Gasteiger partial charge in [0.1, 0.15) is 0 Å². The second-order valence-corrected chi connectivity index (χ2v) is 8.06. The van der Waals surface area contributed by atoms with Gasteiger partial charge in [-0.1, -0.05) is 26.0 Å². The lowest BCUT2D eigenvalue weighted by molar-refractivity contribution is -0.144. The quantitative estimate of drug-likeness (QED) is 0.923. The fourth-order valence-electron chi connectivity index (χ4n) is 2.95. The molecule has 2 rings (SSSR count). The van der Waals surface area contributed by atoms with Gasteiger partial charge in [-0.3, -0.25) is 4.79 Å². The Bertz CT molecular complexity index is 654. The molecular formula is C16H23NO4S. The maximum Gasteiger partial charge on any atom is 0.308 e. The van der Waals surface area contributed by atoms with Gasteiger partial charge < -0.3 is 5.11 Å². The van der Waals surface area contributed by atoms with E-state index >= 15 is 0 Å². The van der Waals surface area contributed by atoms with Crippen LogP contribution in [0.25, 0.3) is 0 Å². The average molecular weight is 325 g/mol. The van der Waals surface area contributed by atoms with E-state index in [1.54, 1.807) is 25.1 Å². The highest BCUT2D eigenvalue weighted by atomic mass is 32.2. The van der Waals surface area contributed by atoms with Crippen molar-refractivity contribution in [1.82, 2.24) is 4.31 Å². The second kappa shape index (κ2) is 6.38. The zero-order valence-corrected chi connectivity index (χ0v) is 14.0. The molecule has 1 saturated heterocycles. The molecule has 0 aliphatic carbocycles. The summed E-state index contributed by atoms with van der Waals surface area (Å²) in [6.07, 6.45) is 1.10. The fraction of sp³-hybridized carbons (Fsp3) is 0.562. The van der Waals surface area contributed by atoms with Gasteiger partial charge in [-0.2, -0.15) is 4.31 Å². The molecule has 1 aromatic rings. The fourth-order valence-corrected chi connectivity index (χ4v) is 4.71. The molecule has 1 aromatic carbocycles. The van der Waals surface area contributed by atoms with E-state index in [2.05, 4.69) is 0 Å². The van der Waals surface area contributed by atoms with Crippen LogP contribution >= 0.6 is 0 Å². The highest BCUT2D eigenvalue weighted by Crippen LogP contribution is 2.30. The first-order chi connectivity index (χ1) is 10.2. The highest BCUT2D eigenvalue weighted by molar-refractivity contribution is 7.89. The third-order valence-electron chi connectivity index (χ3n) is 4.38. The van der Waals surface area contributed by atoms with Crippen molar-refractivity contribution in [1.29, 1.82) is 0 Å². The lowest BCUT2D eigenvalue weighted by Gasteiger charge is -2.36. The second-order valence-electron chi connectivity index (χ2n) is 6.17. The highest BCUT2D eigenvalue weighted by Gasteiger charge is 2.39. The Kier molecular flexibility index (Phi) is 4.92. The third-order valence-corrected chi connectivity index (χ3v) is 6.36. The third kappa shape index (κ3) is 3.17. The van der Waals surface area contributed by atoms with E-state index in [0.717, 1.165) is 5.56 Å². The van der Waals surface area contributed by atoms with Gasteiger partial charge in [-0.15, -0.1) is 0 Å². The summed E-state index contributed by atoms with van der Waals surface area (Å²) in [6.45, 7) is 6.08. The summed E-state index contributed by atoms with van der Waals surface area (Å²) < 4.78 is 27.1. The van der Waals surface area contributed by atoms with Crippen molar-refractivity contribution < 1.29 is 18.3 Å². The number of hydrogen-bond donors (Lipinski definition) is 1. The molecule has 0 unspecified atom stereocenters. The summed E-state index contributed by atoms with van der Waals surface area (Å²) in [7, 11) is -3.66. The van der Waals surface area contributed by atoms with Gasteiger partial charge in [0.2, 0.25) is 10.0 Å². The van der Waals surface area contributed by atoms with E-state index in [0.29, 0.717) is 19.4 Å². The summed E-state index contributed by atoms with van der Waals surface area (Å²) >= 11 is 0. The SMILES string of the molecule is CC(C)c1cccc(S(=O)(=O)N2CCC[C@H](C(=O)O)[C@@H]2C)c1. The van der Waals surface area contributed by atoms with Crippen molar-refractivity contribution in [3.63, 3.8) is 0 Å². The van der Waals surface area contributed by atoms with Crippen LogP contribution in [0.1, 0.15) is 45.1 Å². The number of carboxylic acids is 1. The number of hydrogen-bond acceptors (Lipinski definition) is 3. The topological polar surface area (TPSA) is 74.7 Å². The molecule has 122 valence electrons. The normalized spacial score (nSPS) is 23.6.